The summed E-state index contributed by atoms with van der Waals surface area (Å²) in [6, 6.07) is 0.377. The van der Waals surface area contributed by atoms with Gasteiger partial charge >= 0.3 is 0 Å². The minimum Gasteiger partial charge on any atom is -0.328 e. The normalized spacial score (nSPS) is 28.2. The molecule has 0 aromatic rings. The summed E-state index contributed by atoms with van der Waals surface area (Å²) in [5.74, 6) is 1.53. The molecular weight excluding hydrogens is 148 g/mol. The van der Waals surface area contributed by atoms with Gasteiger partial charge in [0.25, 0.3) is 0 Å². The van der Waals surface area contributed by atoms with Crippen molar-refractivity contribution in [3.05, 3.63) is 0 Å². The third-order valence-corrected chi connectivity index (χ3v) is 2.68. The van der Waals surface area contributed by atoms with E-state index in [9.17, 15) is 0 Å². The molecule has 0 aromatic carbocycles. The molecule has 1 rings (SSSR count). The van der Waals surface area contributed by atoms with E-state index in [-0.39, 0.29) is 0 Å². The van der Waals surface area contributed by atoms with Gasteiger partial charge in [-0.1, -0.05) is 13.8 Å². The van der Waals surface area contributed by atoms with Crippen molar-refractivity contribution in [1.29, 1.82) is 0 Å². The van der Waals surface area contributed by atoms with Crippen molar-refractivity contribution < 1.29 is 0 Å². The SMILES string of the molecule is CC(C)CN1CCC(C(C)N)C1. The molecule has 2 atom stereocenters. The zero-order chi connectivity index (χ0) is 9.14. The Labute approximate surface area is 76.1 Å². The molecule has 12 heavy (non-hydrogen) atoms. The van der Waals surface area contributed by atoms with Crippen LogP contribution in [0, 0.1) is 11.8 Å². The maximum atomic E-state index is 5.86. The third-order valence-electron chi connectivity index (χ3n) is 2.68. The van der Waals surface area contributed by atoms with E-state index in [1.807, 2.05) is 0 Å². The summed E-state index contributed by atoms with van der Waals surface area (Å²) in [5.41, 5.74) is 5.86. The van der Waals surface area contributed by atoms with E-state index >= 15 is 0 Å². The van der Waals surface area contributed by atoms with E-state index < -0.39 is 0 Å². The lowest BCUT2D eigenvalue weighted by molar-refractivity contribution is 0.281. The Hall–Kier alpha value is -0.0800. The molecule has 72 valence electrons. The van der Waals surface area contributed by atoms with Gasteiger partial charge in [-0.3, -0.25) is 0 Å². The summed E-state index contributed by atoms with van der Waals surface area (Å²) in [4.78, 5) is 2.54. The zero-order valence-electron chi connectivity index (χ0n) is 8.59. The maximum absolute atomic E-state index is 5.86. The molecule has 1 heterocycles. The molecular formula is C10H22N2. The first-order valence-corrected chi connectivity index (χ1v) is 5.07. The van der Waals surface area contributed by atoms with Crippen molar-refractivity contribution in [3.63, 3.8) is 0 Å². The molecule has 2 heteroatoms. The zero-order valence-corrected chi connectivity index (χ0v) is 8.59. The molecule has 0 saturated carbocycles. The fourth-order valence-corrected chi connectivity index (χ4v) is 1.97. The molecule has 0 amide bonds. The van der Waals surface area contributed by atoms with E-state index in [2.05, 4.69) is 25.7 Å². The topological polar surface area (TPSA) is 29.3 Å². The van der Waals surface area contributed by atoms with E-state index in [1.165, 1.54) is 26.1 Å². The Kier molecular flexibility index (Phi) is 3.53. The van der Waals surface area contributed by atoms with Crippen molar-refractivity contribution in [3.8, 4) is 0 Å². The predicted molar refractivity (Wildman–Crippen MR) is 53.0 cm³/mol. The number of likely N-dealkylation sites (tertiary alicyclic amines) is 1. The Balaban J connectivity index is 2.26. The van der Waals surface area contributed by atoms with Gasteiger partial charge in [-0.15, -0.1) is 0 Å². The Morgan fingerprint density at radius 1 is 1.42 bits per heavy atom. The number of nitrogens with zero attached hydrogens (tertiary/aromatic N) is 1. The van der Waals surface area contributed by atoms with Crippen LogP contribution in [0.25, 0.3) is 0 Å². The fraction of sp³-hybridized carbons (Fsp3) is 1.00. The Morgan fingerprint density at radius 3 is 2.50 bits per heavy atom. The second kappa shape index (κ2) is 4.24. The second-order valence-corrected chi connectivity index (χ2v) is 4.56. The quantitative estimate of drug-likeness (QED) is 0.692. The van der Waals surface area contributed by atoms with Crippen LogP contribution in [0.5, 0.6) is 0 Å². The van der Waals surface area contributed by atoms with Gasteiger partial charge in [-0.05, 0) is 31.7 Å². The molecule has 0 bridgehead atoms. The summed E-state index contributed by atoms with van der Waals surface area (Å²) in [6.45, 7) is 10.4. The minimum atomic E-state index is 0.377. The average molecular weight is 170 g/mol. The highest BCUT2D eigenvalue weighted by Crippen LogP contribution is 2.19. The van der Waals surface area contributed by atoms with Crippen LogP contribution < -0.4 is 5.73 Å². The summed E-state index contributed by atoms with van der Waals surface area (Å²) in [7, 11) is 0. The Bertz CT molecular complexity index is 132. The lowest BCUT2D eigenvalue weighted by atomic mass is 10.0. The molecule has 0 radical (unpaired) electrons. The summed E-state index contributed by atoms with van der Waals surface area (Å²) < 4.78 is 0. The lowest BCUT2D eigenvalue weighted by Crippen LogP contribution is -2.31. The second-order valence-electron chi connectivity index (χ2n) is 4.56. The van der Waals surface area contributed by atoms with Gasteiger partial charge < -0.3 is 10.6 Å². The predicted octanol–water partition coefficient (Wildman–Crippen LogP) is 1.31. The highest BCUT2D eigenvalue weighted by Gasteiger charge is 2.24. The molecule has 1 saturated heterocycles. The fourth-order valence-electron chi connectivity index (χ4n) is 1.97. The third kappa shape index (κ3) is 2.76. The highest BCUT2D eigenvalue weighted by molar-refractivity contribution is 4.80. The minimum absolute atomic E-state index is 0.377. The molecule has 2 N–H and O–H groups in total. The van der Waals surface area contributed by atoms with E-state index in [0.717, 1.165) is 11.8 Å². The van der Waals surface area contributed by atoms with Crippen molar-refractivity contribution in [1.82, 2.24) is 4.90 Å². The molecule has 1 aliphatic heterocycles. The van der Waals surface area contributed by atoms with Crippen LogP contribution >= 0.6 is 0 Å². The first-order chi connectivity index (χ1) is 5.59. The van der Waals surface area contributed by atoms with Crippen molar-refractivity contribution in [2.24, 2.45) is 17.6 Å². The molecule has 1 aliphatic rings. The number of rotatable bonds is 3. The van der Waals surface area contributed by atoms with Crippen molar-refractivity contribution in [2.75, 3.05) is 19.6 Å². The Morgan fingerprint density at radius 2 is 2.08 bits per heavy atom. The van der Waals surface area contributed by atoms with Crippen LogP contribution in [0.2, 0.25) is 0 Å². The molecule has 0 spiro atoms. The standard InChI is InChI=1S/C10H22N2/c1-8(2)6-12-5-4-10(7-12)9(3)11/h8-10H,4-7,11H2,1-3H3. The summed E-state index contributed by atoms with van der Waals surface area (Å²) in [6.07, 6.45) is 1.30. The average Bonchev–Trinajstić information content (AvgIpc) is 2.34. The van der Waals surface area contributed by atoms with Crippen LogP contribution in [0.4, 0.5) is 0 Å². The van der Waals surface area contributed by atoms with E-state index in [1.54, 1.807) is 0 Å². The van der Waals surface area contributed by atoms with E-state index in [4.69, 9.17) is 5.73 Å². The largest absolute Gasteiger partial charge is 0.328 e. The first-order valence-electron chi connectivity index (χ1n) is 5.07. The number of hydrogen-bond acceptors (Lipinski definition) is 2. The number of hydrogen-bond donors (Lipinski definition) is 1. The van der Waals surface area contributed by atoms with Gasteiger partial charge in [0.2, 0.25) is 0 Å². The van der Waals surface area contributed by atoms with Crippen LogP contribution in [0.1, 0.15) is 27.2 Å². The van der Waals surface area contributed by atoms with E-state index in [0.29, 0.717) is 6.04 Å². The summed E-state index contributed by atoms with van der Waals surface area (Å²) >= 11 is 0. The van der Waals surface area contributed by atoms with Gasteiger partial charge in [0.1, 0.15) is 0 Å². The van der Waals surface area contributed by atoms with Gasteiger partial charge in [0.05, 0.1) is 0 Å². The van der Waals surface area contributed by atoms with Gasteiger partial charge in [-0.25, -0.2) is 0 Å². The van der Waals surface area contributed by atoms with Crippen LogP contribution in [-0.2, 0) is 0 Å². The van der Waals surface area contributed by atoms with Gasteiger partial charge in [0.15, 0.2) is 0 Å². The molecule has 2 nitrogen and oxygen atoms in total. The van der Waals surface area contributed by atoms with Crippen molar-refractivity contribution >= 4 is 0 Å². The monoisotopic (exact) mass is 170 g/mol. The number of nitrogens with two attached hydrogens (primary N) is 1. The van der Waals surface area contributed by atoms with Gasteiger partial charge in [0, 0.05) is 19.1 Å². The van der Waals surface area contributed by atoms with Crippen molar-refractivity contribution in [2.45, 2.75) is 33.2 Å². The van der Waals surface area contributed by atoms with Gasteiger partial charge in [-0.2, -0.15) is 0 Å². The first kappa shape index (κ1) is 10.0. The molecule has 1 fully saturated rings. The lowest BCUT2D eigenvalue weighted by Gasteiger charge is -2.19. The smallest absolute Gasteiger partial charge is 0.00514 e. The summed E-state index contributed by atoms with van der Waals surface area (Å²) in [5, 5.41) is 0. The maximum Gasteiger partial charge on any atom is 0.00514 e. The highest BCUT2D eigenvalue weighted by atomic mass is 15.1. The molecule has 0 aromatic heterocycles. The molecule has 0 aliphatic carbocycles. The van der Waals surface area contributed by atoms with Crippen LogP contribution in [0.3, 0.4) is 0 Å². The molecule has 2 unspecified atom stereocenters. The van der Waals surface area contributed by atoms with Crippen LogP contribution in [0.15, 0.2) is 0 Å². The van der Waals surface area contributed by atoms with Crippen LogP contribution in [-0.4, -0.2) is 30.6 Å².